The number of nitrogens with zero attached hydrogens (tertiary/aromatic N) is 1. The van der Waals surface area contributed by atoms with E-state index in [1.165, 1.54) is 25.0 Å². The van der Waals surface area contributed by atoms with Crippen molar-refractivity contribution < 1.29 is 17.9 Å². The van der Waals surface area contributed by atoms with E-state index in [-0.39, 0.29) is 5.75 Å². The van der Waals surface area contributed by atoms with Crippen LogP contribution in [-0.2, 0) is 6.54 Å². The summed E-state index contributed by atoms with van der Waals surface area (Å²) in [5, 5.41) is 3.20. The first-order chi connectivity index (χ1) is 9.96. The third-order valence-corrected chi connectivity index (χ3v) is 3.66. The van der Waals surface area contributed by atoms with Crippen molar-refractivity contribution in [2.45, 2.75) is 25.7 Å². The molecule has 0 radical (unpaired) electrons. The minimum Gasteiger partial charge on any atom is -0.406 e. The molecule has 1 aliphatic rings. The molecular formula is C15H21F3N2O. The molecule has 1 aromatic carbocycles. The third-order valence-electron chi connectivity index (χ3n) is 3.66. The monoisotopic (exact) mass is 302 g/mol. The summed E-state index contributed by atoms with van der Waals surface area (Å²) < 4.78 is 40.2. The second kappa shape index (κ2) is 7.13. The molecule has 21 heavy (non-hydrogen) atoms. The van der Waals surface area contributed by atoms with E-state index in [9.17, 15) is 13.2 Å². The van der Waals surface area contributed by atoms with Crippen LogP contribution >= 0.6 is 0 Å². The van der Waals surface area contributed by atoms with Crippen LogP contribution in [-0.4, -0.2) is 37.9 Å². The maximum atomic E-state index is 12.1. The summed E-state index contributed by atoms with van der Waals surface area (Å²) in [4.78, 5) is 2.35. The lowest BCUT2D eigenvalue weighted by atomic mass is 9.97. The maximum Gasteiger partial charge on any atom is 0.573 e. The number of likely N-dealkylation sites (tertiary alicyclic amines) is 1. The van der Waals surface area contributed by atoms with Crippen molar-refractivity contribution in [1.82, 2.24) is 10.2 Å². The largest absolute Gasteiger partial charge is 0.573 e. The quantitative estimate of drug-likeness (QED) is 0.905. The molecule has 0 aromatic heterocycles. The van der Waals surface area contributed by atoms with Crippen LogP contribution in [0.4, 0.5) is 13.2 Å². The normalized spacial score (nSPS) is 20.5. The van der Waals surface area contributed by atoms with Crippen molar-refractivity contribution in [2.75, 3.05) is 26.7 Å². The van der Waals surface area contributed by atoms with Gasteiger partial charge in [0.1, 0.15) is 5.75 Å². The summed E-state index contributed by atoms with van der Waals surface area (Å²) in [6.07, 6.45) is -2.23. The van der Waals surface area contributed by atoms with E-state index >= 15 is 0 Å². The first-order valence-electron chi connectivity index (χ1n) is 7.18. The first kappa shape index (κ1) is 16.1. The SMILES string of the molecule is CNCC1CCCN(Cc2ccc(OC(F)(F)F)cc2)C1. The van der Waals surface area contributed by atoms with Gasteiger partial charge in [-0.1, -0.05) is 12.1 Å². The van der Waals surface area contributed by atoms with Gasteiger partial charge in [0.15, 0.2) is 0 Å². The molecule has 0 aliphatic carbocycles. The maximum absolute atomic E-state index is 12.1. The lowest BCUT2D eigenvalue weighted by Crippen LogP contribution is -2.38. The van der Waals surface area contributed by atoms with Crippen LogP contribution in [0.15, 0.2) is 24.3 Å². The molecule has 1 unspecified atom stereocenters. The van der Waals surface area contributed by atoms with Crippen LogP contribution in [0.2, 0.25) is 0 Å². The van der Waals surface area contributed by atoms with Crippen molar-refractivity contribution >= 4 is 0 Å². The molecule has 1 N–H and O–H groups in total. The Morgan fingerprint density at radius 2 is 2.00 bits per heavy atom. The summed E-state index contributed by atoms with van der Waals surface area (Å²) >= 11 is 0. The van der Waals surface area contributed by atoms with E-state index in [4.69, 9.17) is 0 Å². The highest BCUT2D eigenvalue weighted by molar-refractivity contribution is 5.27. The number of piperidine rings is 1. The van der Waals surface area contributed by atoms with Crippen LogP contribution in [0.1, 0.15) is 18.4 Å². The highest BCUT2D eigenvalue weighted by Gasteiger charge is 2.31. The average Bonchev–Trinajstić information content (AvgIpc) is 2.40. The summed E-state index contributed by atoms with van der Waals surface area (Å²) in [6, 6.07) is 6.14. The van der Waals surface area contributed by atoms with Crippen molar-refractivity contribution in [3.05, 3.63) is 29.8 Å². The van der Waals surface area contributed by atoms with Crippen LogP contribution < -0.4 is 10.1 Å². The molecule has 6 heteroatoms. The minimum atomic E-state index is -4.63. The highest BCUT2D eigenvalue weighted by atomic mass is 19.4. The number of alkyl halides is 3. The fourth-order valence-electron chi connectivity index (χ4n) is 2.80. The van der Waals surface area contributed by atoms with Gasteiger partial charge in [-0.3, -0.25) is 4.90 Å². The minimum absolute atomic E-state index is 0.169. The van der Waals surface area contributed by atoms with Gasteiger partial charge in [0.2, 0.25) is 0 Å². The molecule has 1 fully saturated rings. The number of benzene rings is 1. The number of nitrogens with one attached hydrogen (secondary N) is 1. The van der Waals surface area contributed by atoms with E-state index in [1.54, 1.807) is 12.1 Å². The predicted molar refractivity (Wildman–Crippen MR) is 75.1 cm³/mol. The second-order valence-corrected chi connectivity index (χ2v) is 5.49. The molecule has 0 spiro atoms. The summed E-state index contributed by atoms with van der Waals surface area (Å²) in [6.45, 7) is 3.85. The van der Waals surface area contributed by atoms with Gasteiger partial charge in [0.25, 0.3) is 0 Å². The summed E-state index contributed by atoms with van der Waals surface area (Å²) in [7, 11) is 1.96. The topological polar surface area (TPSA) is 24.5 Å². The van der Waals surface area contributed by atoms with Crippen LogP contribution in [0, 0.1) is 5.92 Å². The van der Waals surface area contributed by atoms with E-state index in [0.29, 0.717) is 5.92 Å². The first-order valence-corrected chi connectivity index (χ1v) is 7.18. The fraction of sp³-hybridized carbons (Fsp3) is 0.600. The van der Waals surface area contributed by atoms with Gasteiger partial charge in [-0.15, -0.1) is 13.2 Å². The van der Waals surface area contributed by atoms with Crippen LogP contribution in [0.25, 0.3) is 0 Å². The zero-order chi connectivity index (χ0) is 15.3. The fourth-order valence-corrected chi connectivity index (χ4v) is 2.80. The molecule has 3 nitrogen and oxygen atoms in total. The Hall–Kier alpha value is -1.27. The van der Waals surface area contributed by atoms with Crippen molar-refractivity contribution in [3.8, 4) is 5.75 Å². The molecular weight excluding hydrogens is 281 g/mol. The second-order valence-electron chi connectivity index (χ2n) is 5.49. The third kappa shape index (κ3) is 5.55. The average molecular weight is 302 g/mol. The van der Waals surface area contributed by atoms with Crippen LogP contribution in [0.5, 0.6) is 5.75 Å². The smallest absolute Gasteiger partial charge is 0.406 e. The van der Waals surface area contributed by atoms with Gasteiger partial charge in [0.05, 0.1) is 0 Å². The van der Waals surface area contributed by atoms with Gasteiger partial charge in [-0.2, -0.15) is 0 Å². The summed E-state index contributed by atoms with van der Waals surface area (Å²) in [5.74, 6) is 0.481. The molecule has 1 atom stereocenters. The Kier molecular flexibility index (Phi) is 5.47. The zero-order valence-corrected chi connectivity index (χ0v) is 12.1. The molecule has 0 bridgehead atoms. The molecule has 1 aromatic rings. The van der Waals surface area contributed by atoms with Crippen LogP contribution in [0.3, 0.4) is 0 Å². The van der Waals surface area contributed by atoms with Gasteiger partial charge >= 0.3 is 6.36 Å². The van der Waals surface area contributed by atoms with E-state index in [1.807, 2.05) is 7.05 Å². The van der Waals surface area contributed by atoms with Crippen molar-refractivity contribution in [2.24, 2.45) is 5.92 Å². The number of hydrogen-bond acceptors (Lipinski definition) is 3. The van der Waals surface area contributed by atoms with Gasteiger partial charge in [0, 0.05) is 13.1 Å². The molecule has 1 aliphatic heterocycles. The number of hydrogen-bond donors (Lipinski definition) is 1. The Morgan fingerprint density at radius 1 is 1.29 bits per heavy atom. The Labute approximate surface area is 123 Å². The van der Waals surface area contributed by atoms with E-state index in [2.05, 4.69) is 15.0 Å². The predicted octanol–water partition coefficient (Wildman–Crippen LogP) is 3.02. The number of rotatable bonds is 5. The lowest BCUT2D eigenvalue weighted by Gasteiger charge is -2.32. The molecule has 2 rings (SSSR count). The molecule has 1 heterocycles. The van der Waals surface area contributed by atoms with Gasteiger partial charge in [-0.25, -0.2) is 0 Å². The standard InChI is InChI=1S/C15H21F3N2O/c1-19-9-13-3-2-8-20(11-13)10-12-4-6-14(7-5-12)21-15(16,17)18/h4-7,13,19H,2-3,8-11H2,1H3. The zero-order valence-electron chi connectivity index (χ0n) is 12.1. The van der Waals surface area contributed by atoms with Gasteiger partial charge in [-0.05, 0) is 56.6 Å². The molecule has 118 valence electrons. The van der Waals surface area contributed by atoms with Crippen molar-refractivity contribution in [3.63, 3.8) is 0 Å². The summed E-state index contributed by atoms with van der Waals surface area (Å²) in [5.41, 5.74) is 1.01. The number of ether oxygens (including phenoxy) is 1. The van der Waals surface area contributed by atoms with E-state index in [0.717, 1.165) is 31.7 Å². The number of halogens is 3. The van der Waals surface area contributed by atoms with Gasteiger partial charge < -0.3 is 10.1 Å². The molecule has 0 amide bonds. The highest BCUT2D eigenvalue weighted by Crippen LogP contribution is 2.24. The van der Waals surface area contributed by atoms with E-state index < -0.39 is 6.36 Å². The van der Waals surface area contributed by atoms with Crippen molar-refractivity contribution in [1.29, 1.82) is 0 Å². The molecule has 0 saturated carbocycles. The lowest BCUT2D eigenvalue weighted by molar-refractivity contribution is -0.274. The Morgan fingerprint density at radius 3 is 2.62 bits per heavy atom. The Bertz CT molecular complexity index is 432. The molecule has 1 saturated heterocycles. The Balaban J connectivity index is 1.88.